The molecule has 14 heteroatoms. The first kappa shape index (κ1) is 74.7. The van der Waals surface area contributed by atoms with Gasteiger partial charge in [-0.2, -0.15) is 9.97 Å². The second-order valence-corrected chi connectivity index (χ2v) is 32.7. The number of benzene rings is 17. The SMILES string of the molecule is c1ccc(-c2nc(-c3ccc(-c4ccc(-n5c6ccccc6c6cc(-c7ccc8c(c7)c7c(-c9ccccc9)nc(-c9ccccc9)nc7n8-c7nc(-c8ccccc8)nc(-c8ccccc8)n7)ccc65)cc4)cc3)nc(-c3cccc(-n4c5ccc(-c6ccc7c(c6)c6ccccc6n7-c6ccccc6)cc5c5c(-c6ccccc6)nc(-c6ccccc6)nc54)c3)n2)cc1. The summed E-state index contributed by atoms with van der Waals surface area (Å²) >= 11 is 0. The quantitative estimate of drug-likeness (QED) is 0.0915. The van der Waals surface area contributed by atoms with Crippen LogP contribution in [0.5, 0.6) is 0 Å². The van der Waals surface area contributed by atoms with Crippen molar-refractivity contribution in [3.05, 3.63) is 437 Å². The van der Waals surface area contributed by atoms with E-state index in [1.165, 1.54) is 10.8 Å². The van der Waals surface area contributed by atoms with E-state index in [-0.39, 0.29) is 0 Å². The summed E-state index contributed by atoms with van der Waals surface area (Å²) in [6.07, 6.45) is 0. The molecule has 8 heterocycles. The zero-order valence-electron chi connectivity index (χ0n) is 69.8. The van der Waals surface area contributed by atoms with E-state index in [2.05, 4.69) is 334 Å². The summed E-state index contributed by atoms with van der Waals surface area (Å²) in [7, 11) is 0. The third kappa shape index (κ3) is 13.0. The van der Waals surface area contributed by atoms with E-state index >= 15 is 0 Å². The first-order chi connectivity index (χ1) is 64.4. The summed E-state index contributed by atoms with van der Waals surface area (Å²) in [5.41, 5.74) is 26.9. The molecule has 0 N–H and O–H groups in total. The van der Waals surface area contributed by atoms with Gasteiger partial charge in [0.25, 0.3) is 0 Å². The second kappa shape index (κ2) is 31.1. The van der Waals surface area contributed by atoms with Gasteiger partial charge in [-0.05, 0) is 130 Å². The van der Waals surface area contributed by atoms with E-state index in [9.17, 15) is 0 Å². The number of fused-ring (bicyclic) bond motifs is 12. The predicted molar refractivity (Wildman–Crippen MR) is 527 cm³/mol. The van der Waals surface area contributed by atoms with Crippen LogP contribution in [0.3, 0.4) is 0 Å². The molecule has 25 aromatic rings. The van der Waals surface area contributed by atoms with Crippen LogP contribution in [-0.4, -0.2) is 68.1 Å². The topological polar surface area (TPSA) is 149 Å². The standard InChI is InChI=1S/C116H72N14/c1-9-30-75(31-10-1)105-103-95-71-85(83-58-64-99-93(69-83)91-48-25-27-50-97(91)127(99)88-45-23-8-24-46-88)60-66-101(95)129(114(103)123-107(117-105)77-34-13-3-14-35-77)90-47-29-44-87(68-90)113-120-109(79-38-17-5-18-39-79)119-110(121-113)82-54-52-73(53-55-82)74-56-62-89(63-57-74)128-98-51-28-26-49-92(98)94-70-84(59-65-100(94)128)86-61-67-102-96(72-86)104-106(76-32-11-2-12-33-76)118-108(78-36-15-4-16-37-78)124-115(104)130(102)116-125-111(80-40-19-6-20-41-80)122-112(126-116)81-42-21-7-22-43-81/h1-72H. The lowest BCUT2D eigenvalue weighted by Crippen LogP contribution is -2.07. The maximum Gasteiger partial charge on any atom is 0.240 e. The Hall–Kier alpha value is -17.9. The molecular formula is C116H72N14. The zero-order valence-corrected chi connectivity index (χ0v) is 69.8. The van der Waals surface area contributed by atoms with Gasteiger partial charge in [0.2, 0.25) is 5.95 Å². The van der Waals surface area contributed by atoms with Crippen molar-refractivity contribution in [1.29, 1.82) is 0 Å². The molecule has 25 rings (SSSR count). The number of para-hydroxylation sites is 3. The van der Waals surface area contributed by atoms with Gasteiger partial charge in [0, 0.05) is 99.5 Å². The van der Waals surface area contributed by atoms with Gasteiger partial charge < -0.3 is 9.13 Å². The van der Waals surface area contributed by atoms with E-state index in [0.29, 0.717) is 52.4 Å². The van der Waals surface area contributed by atoms with Crippen LogP contribution in [0, 0.1) is 0 Å². The Kier molecular flexibility index (Phi) is 17.9. The Bertz CT molecular complexity index is 8670. The van der Waals surface area contributed by atoms with Crippen molar-refractivity contribution in [3.8, 4) is 159 Å². The molecule has 0 spiro atoms. The van der Waals surface area contributed by atoms with Crippen molar-refractivity contribution >= 4 is 87.5 Å². The average Bonchev–Trinajstić information content (AvgIpc) is 1.56. The van der Waals surface area contributed by atoms with Gasteiger partial charge in [0.15, 0.2) is 46.4 Å². The molecule has 0 radical (unpaired) electrons. The van der Waals surface area contributed by atoms with Gasteiger partial charge >= 0.3 is 0 Å². The summed E-state index contributed by atoms with van der Waals surface area (Å²) in [4.78, 5) is 53.7. The molecule has 0 aliphatic heterocycles. The van der Waals surface area contributed by atoms with E-state index < -0.39 is 0 Å². The van der Waals surface area contributed by atoms with Crippen LogP contribution in [0.1, 0.15) is 0 Å². The fraction of sp³-hybridized carbons (Fsp3) is 0. The van der Waals surface area contributed by atoms with Crippen LogP contribution in [0.15, 0.2) is 437 Å². The first-order valence-corrected chi connectivity index (χ1v) is 43.5. The summed E-state index contributed by atoms with van der Waals surface area (Å²) < 4.78 is 9.11. The third-order valence-corrected chi connectivity index (χ3v) is 24.9. The largest absolute Gasteiger partial charge is 0.309 e. The molecule has 0 bridgehead atoms. The minimum Gasteiger partial charge on any atom is -0.309 e. The van der Waals surface area contributed by atoms with Gasteiger partial charge in [0.1, 0.15) is 5.65 Å². The number of aromatic nitrogens is 14. The minimum atomic E-state index is 0.442. The molecular weight excluding hydrogens is 1590 g/mol. The van der Waals surface area contributed by atoms with E-state index in [0.717, 1.165) is 183 Å². The van der Waals surface area contributed by atoms with Gasteiger partial charge in [-0.1, -0.05) is 340 Å². The molecule has 0 unspecified atom stereocenters. The zero-order chi connectivity index (χ0) is 85.7. The molecule has 0 saturated heterocycles. The lowest BCUT2D eigenvalue weighted by Gasteiger charge is -2.12. The number of hydrogen-bond acceptors (Lipinski definition) is 10. The Morgan fingerprint density at radius 1 is 0.138 bits per heavy atom. The van der Waals surface area contributed by atoms with Crippen LogP contribution in [0.25, 0.3) is 246 Å². The van der Waals surface area contributed by atoms with Crippen LogP contribution in [0.2, 0.25) is 0 Å². The summed E-state index contributed by atoms with van der Waals surface area (Å²) in [5, 5.41) is 8.45. The average molecular weight is 1660 g/mol. The lowest BCUT2D eigenvalue weighted by molar-refractivity contribution is 0.942. The number of hydrogen-bond donors (Lipinski definition) is 0. The van der Waals surface area contributed by atoms with Crippen molar-refractivity contribution in [2.75, 3.05) is 0 Å². The van der Waals surface area contributed by atoms with Crippen LogP contribution < -0.4 is 0 Å². The highest BCUT2D eigenvalue weighted by Crippen LogP contribution is 2.46. The maximum absolute atomic E-state index is 5.59. The van der Waals surface area contributed by atoms with Crippen molar-refractivity contribution in [1.82, 2.24) is 68.1 Å². The van der Waals surface area contributed by atoms with Crippen molar-refractivity contribution in [2.24, 2.45) is 0 Å². The maximum atomic E-state index is 5.59. The highest BCUT2D eigenvalue weighted by atomic mass is 15.2. The molecule has 0 amide bonds. The Labute approximate surface area is 746 Å². The van der Waals surface area contributed by atoms with Gasteiger partial charge in [-0.15, -0.1) is 0 Å². The number of rotatable bonds is 16. The van der Waals surface area contributed by atoms with Crippen molar-refractivity contribution < 1.29 is 0 Å². The first-order valence-electron chi connectivity index (χ1n) is 43.5. The molecule has 0 fully saturated rings. The normalized spacial score (nSPS) is 11.7. The fourth-order valence-electron chi connectivity index (χ4n) is 18.8. The monoisotopic (exact) mass is 1660 g/mol. The van der Waals surface area contributed by atoms with Crippen LogP contribution >= 0.6 is 0 Å². The summed E-state index contributed by atoms with van der Waals surface area (Å²) in [6, 6.07) is 153. The highest BCUT2D eigenvalue weighted by molar-refractivity contribution is 6.18. The smallest absolute Gasteiger partial charge is 0.240 e. The molecule has 130 heavy (non-hydrogen) atoms. The molecule has 0 atom stereocenters. The van der Waals surface area contributed by atoms with Gasteiger partial charge in [-0.25, -0.2) is 39.9 Å². The highest BCUT2D eigenvalue weighted by Gasteiger charge is 2.28. The Morgan fingerprint density at radius 3 is 0.823 bits per heavy atom. The van der Waals surface area contributed by atoms with Crippen LogP contribution in [-0.2, 0) is 0 Å². The molecule has 8 aromatic heterocycles. The molecule has 0 aliphatic rings. The van der Waals surface area contributed by atoms with Gasteiger partial charge in [0.05, 0.1) is 55.3 Å². The Balaban J connectivity index is 0.567. The van der Waals surface area contributed by atoms with E-state index in [1.54, 1.807) is 0 Å². The van der Waals surface area contributed by atoms with Gasteiger partial charge in [-0.3, -0.25) is 9.13 Å². The molecule has 0 aliphatic carbocycles. The Morgan fingerprint density at radius 2 is 0.408 bits per heavy atom. The van der Waals surface area contributed by atoms with Crippen molar-refractivity contribution in [3.63, 3.8) is 0 Å². The fourth-order valence-corrected chi connectivity index (χ4v) is 18.8. The molecule has 606 valence electrons. The predicted octanol–water partition coefficient (Wildman–Crippen LogP) is 28.0. The number of nitrogens with zero attached hydrogens (tertiary/aromatic N) is 14. The molecule has 14 nitrogen and oxygen atoms in total. The van der Waals surface area contributed by atoms with E-state index in [1.807, 2.05) is 121 Å². The third-order valence-electron chi connectivity index (χ3n) is 24.9. The molecule has 0 saturated carbocycles. The summed E-state index contributed by atoms with van der Waals surface area (Å²) in [6.45, 7) is 0. The van der Waals surface area contributed by atoms with Crippen molar-refractivity contribution in [2.45, 2.75) is 0 Å². The second-order valence-electron chi connectivity index (χ2n) is 32.7. The van der Waals surface area contributed by atoms with Crippen LogP contribution in [0.4, 0.5) is 0 Å². The summed E-state index contributed by atoms with van der Waals surface area (Å²) in [5.74, 6) is 4.40. The lowest BCUT2D eigenvalue weighted by atomic mass is 9.99. The molecule has 17 aromatic carbocycles. The minimum absolute atomic E-state index is 0.442. The van der Waals surface area contributed by atoms with E-state index in [4.69, 9.17) is 49.8 Å².